The third-order valence-corrected chi connectivity index (χ3v) is 6.56. The largest absolute Gasteiger partial charge is 0.358 e. The fraction of sp³-hybridized carbons (Fsp3) is 0.0714. The summed E-state index contributed by atoms with van der Waals surface area (Å²) in [5, 5.41) is 1.25. The standard InChI is InChI=1S/C14H10BrN3O2S2/c1-8-5-9-10(15)7-17-14(9)11(6-8)18-22(19,20)13-4-3-12(16-2)21-13/h3-7,17-18H,1H3. The van der Waals surface area contributed by atoms with E-state index >= 15 is 0 Å². The molecule has 0 fully saturated rings. The number of benzene rings is 1. The van der Waals surface area contributed by atoms with E-state index in [4.69, 9.17) is 6.57 Å². The summed E-state index contributed by atoms with van der Waals surface area (Å²) >= 11 is 4.38. The number of rotatable bonds is 3. The molecule has 112 valence electrons. The molecule has 0 unspecified atom stereocenters. The van der Waals surface area contributed by atoms with Gasteiger partial charge < -0.3 is 4.98 Å². The van der Waals surface area contributed by atoms with Gasteiger partial charge in [0.2, 0.25) is 5.00 Å². The highest BCUT2D eigenvalue weighted by Crippen LogP contribution is 2.34. The van der Waals surface area contributed by atoms with Gasteiger partial charge in [-0.1, -0.05) is 0 Å². The first-order chi connectivity index (χ1) is 10.4. The Morgan fingerprint density at radius 1 is 1.36 bits per heavy atom. The summed E-state index contributed by atoms with van der Waals surface area (Å²) in [6.07, 6.45) is 1.77. The minimum absolute atomic E-state index is 0.124. The van der Waals surface area contributed by atoms with Crippen LogP contribution in [0.25, 0.3) is 15.7 Å². The van der Waals surface area contributed by atoms with Gasteiger partial charge in [0, 0.05) is 16.1 Å². The smallest absolute Gasteiger partial charge is 0.270 e. The van der Waals surface area contributed by atoms with E-state index in [9.17, 15) is 8.42 Å². The van der Waals surface area contributed by atoms with Crippen LogP contribution in [0.3, 0.4) is 0 Å². The maximum Gasteiger partial charge on any atom is 0.270 e. The molecule has 0 atom stereocenters. The van der Waals surface area contributed by atoms with Gasteiger partial charge >= 0.3 is 0 Å². The Morgan fingerprint density at radius 2 is 2.14 bits per heavy atom. The van der Waals surface area contributed by atoms with Gasteiger partial charge in [0.15, 0.2) is 0 Å². The SMILES string of the molecule is [C-]#[N+]c1ccc(S(=O)(=O)Nc2cc(C)cc3c(Br)c[nH]c23)s1. The zero-order valence-corrected chi connectivity index (χ0v) is 14.6. The molecule has 2 aromatic heterocycles. The zero-order chi connectivity index (χ0) is 15.9. The van der Waals surface area contributed by atoms with Gasteiger partial charge in [-0.2, -0.15) is 0 Å². The normalized spacial score (nSPS) is 11.5. The van der Waals surface area contributed by atoms with Crippen LogP contribution in [0.5, 0.6) is 0 Å². The quantitative estimate of drug-likeness (QED) is 0.633. The second-order valence-electron chi connectivity index (χ2n) is 4.68. The van der Waals surface area contributed by atoms with Crippen molar-refractivity contribution in [2.45, 2.75) is 11.1 Å². The molecule has 5 nitrogen and oxygen atoms in total. The molecule has 0 aliphatic heterocycles. The number of hydrogen-bond acceptors (Lipinski definition) is 3. The number of nitrogens with zero attached hydrogens (tertiary/aromatic N) is 1. The fourth-order valence-corrected chi connectivity index (χ4v) is 4.70. The van der Waals surface area contributed by atoms with Gasteiger partial charge in [-0.05, 0) is 52.7 Å². The summed E-state index contributed by atoms with van der Waals surface area (Å²) in [5.74, 6) is 0. The lowest BCUT2D eigenvalue weighted by Gasteiger charge is -2.09. The van der Waals surface area contributed by atoms with E-state index in [0.717, 1.165) is 26.8 Å². The summed E-state index contributed by atoms with van der Waals surface area (Å²) in [7, 11) is -3.71. The number of aromatic nitrogens is 1. The lowest BCUT2D eigenvalue weighted by atomic mass is 10.1. The van der Waals surface area contributed by atoms with Crippen LogP contribution in [-0.2, 0) is 10.0 Å². The van der Waals surface area contributed by atoms with Gasteiger partial charge in [-0.25, -0.2) is 13.3 Å². The monoisotopic (exact) mass is 395 g/mol. The average molecular weight is 396 g/mol. The van der Waals surface area contributed by atoms with E-state index in [0.29, 0.717) is 16.2 Å². The molecule has 0 spiro atoms. The molecule has 3 aromatic rings. The van der Waals surface area contributed by atoms with E-state index in [-0.39, 0.29) is 4.21 Å². The highest BCUT2D eigenvalue weighted by molar-refractivity contribution is 9.10. The summed E-state index contributed by atoms with van der Waals surface area (Å²) in [6, 6.07) is 6.68. The third-order valence-electron chi connectivity index (χ3n) is 3.07. The average Bonchev–Trinajstić information content (AvgIpc) is 3.06. The molecule has 0 radical (unpaired) electrons. The first-order valence-corrected chi connectivity index (χ1v) is 9.27. The van der Waals surface area contributed by atoms with Crippen molar-refractivity contribution >= 4 is 58.9 Å². The van der Waals surface area contributed by atoms with Crippen molar-refractivity contribution in [1.29, 1.82) is 0 Å². The Kier molecular flexibility index (Phi) is 3.72. The van der Waals surface area contributed by atoms with Crippen LogP contribution in [-0.4, -0.2) is 13.4 Å². The van der Waals surface area contributed by atoms with Crippen molar-refractivity contribution in [3.05, 3.63) is 51.9 Å². The van der Waals surface area contributed by atoms with Crippen LogP contribution in [0.4, 0.5) is 10.7 Å². The molecule has 0 bridgehead atoms. The summed E-state index contributed by atoms with van der Waals surface area (Å²) in [5.41, 5.74) is 2.14. The predicted molar refractivity (Wildman–Crippen MR) is 92.1 cm³/mol. The second-order valence-corrected chi connectivity index (χ2v) is 8.51. The lowest BCUT2D eigenvalue weighted by Crippen LogP contribution is -2.11. The van der Waals surface area contributed by atoms with E-state index in [1.165, 1.54) is 12.1 Å². The maximum atomic E-state index is 12.5. The van der Waals surface area contributed by atoms with Gasteiger partial charge in [0.05, 0.1) is 17.8 Å². The molecular weight excluding hydrogens is 386 g/mol. The van der Waals surface area contributed by atoms with Crippen molar-refractivity contribution in [3.63, 3.8) is 0 Å². The Bertz CT molecular complexity index is 1010. The molecule has 0 saturated carbocycles. The number of halogens is 1. The number of thiophene rings is 1. The molecule has 3 rings (SSSR count). The summed E-state index contributed by atoms with van der Waals surface area (Å²) < 4.78 is 28.5. The fourth-order valence-electron chi connectivity index (χ4n) is 2.13. The molecule has 2 N–H and O–H groups in total. The number of hydrogen-bond donors (Lipinski definition) is 2. The second kappa shape index (κ2) is 5.43. The third kappa shape index (κ3) is 2.63. The van der Waals surface area contributed by atoms with Crippen LogP contribution in [0.2, 0.25) is 0 Å². The molecule has 0 amide bonds. The number of aromatic amines is 1. The molecule has 1 aromatic carbocycles. The lowest BCUT2D eigenvalue weighted by molar-refractivity contribution is 0.603. The number of H-pyrrole nitrogens is 1. The Balaban J connectivity index is 2.08. The molecule has 8 heteroatoms. The molecule has 0 aliphatic carbocycles. The number of fused-ring (bicyclic) bond motifs is 1. The first kappa shape index (κ1) is 15.1. The Hall–Kier alpha value is -1.82. The van der Waals surface area contributed by atoms with Crippen LogP contribution in [0.15, 0.2) is 39.1 Å². The van der Waals surface area contributed by atoms with Gasteiger partial charge in [-0.15, -0.1) is 11.3 Å². The van der Waals surface area contributed by atoms with Crippen molar-refractivity contribution in [2.75, 3.05) is 4.72 Å². The van der Waals surface area contributed by atoms with Crippen molar-refractivity contribution in [1.82, 2.24) is 4.98 Å². The van der Waals surface area contributed by atoms with E-state index in [1.807, 2.05) is 13.0 Å². The van der Waals surface area contributed by atoms with Crippen LogP contribution in [0, 0.1) is 13.5 Å². The van der Waals surface area contributed by atoms with Crippen LogP contribution >= 0.6 is 27.3 Å². The van der Waals surface area contributed by atoms with Crippen molar-refractivity contribution in [3.8, 4) is 0 Å². The topological polar surface area (TPSA) is 66.3 Å². The van der Waals surface area contributed by atoms with E-state index < -0.39 is 10.0 Å². The maximum absolute atomic E-state index is 12.5. The number of nitrogens with one attached hydrogen (secondary N) is 2. The molecule has 22 heavy (non-hydrogen) atoms. The van der Waals surface area contributed by atoms with Gasteiger partial charge in [0.25, 0.3) is 10.0 Å². The predicted octanol–water partition coefficient (Wildman–Crippen LogP) is 4.65. The number of aryl methyl sites for hydroxylation is 1. The minimum Gasteiger partial charge on any atom is -0.358 e. The Morgan fingerprint density at radius 3 is 2.82 bits per heavy atom. The summed E-state index contributed by atoms with van der Waals surface area (Å²) in [6.45, 7) is 8.83. The summed E-state index contributed by atoms with van der Waals surface area (Å²) in [4.78, 5) is 6.30. The zero-order valence-electron chi connectivity index (χ0n) is 11.3. The molecule has 0 saturated heterocycles. The van der Waals surface area contributed by atoms with Gasteiger partial charge in [-0.3, -0.25) is 4.72 Å². The highest BCUT2D eigenvalue weighted by Gasteiger charge is 2.19. The van der Waals surface area contributed by atoms with Crippen molar-refractivity contribution < 1.29 is 8.42 Å². The first-order valence-electron chi connectivity index (χ1n) is 6.18. The van der Waals surface area contributed by atoms with Crippen LogP contribution < -0.4 is 4.72 Å². The van der Waals surface area contributed by atoms with E-state index in [1.54, 1.807) is 12.3 Å². The molecule has 0 aliphatic rings. The molecular formula is C14H10BrN3O2S2. The minimum atomic E-state index is -3.71. The number of anilines is 1. The van der Waals surface area contributed by atoms with Gasteiger partial charge in [0.1, 0.15) is 4.21 Å². The molecule has 2 heterocycles. The van der Waals surface area contributed by atoms with Crippen molar-refractivity contribution in [2.24, 2.45) is 0 Å². The van der Waals surface area contributed by atoms with Crippen LogP contribution in [0.1, 0.15) is 5.56 Å². The number of sulfonamides is 1. The van der Waals surface area contributed by atoms with E-state index in [2.05, 4.69) is 30.5 Å². The highest BCUT2D eigenvalue weighted by atomic mass is 79.9. The Labute approximate surface area is 140 Å².